The highest BCUT2D eigenvalue weighted by molar-refractivity contribution is 7.89. The van der Waals surface area contributed by atoms with Crippen LogP contribution >= 0.6 is 11.6 Å². The van der Waals surface area contributed by atoms with Gasteiger partial charge in [-0.25, -0.2) is 8.42 Å². The summed E-state index contributed by atoms with van der Waals surface area (Å²) >= 11 is 5.90. The van der Waals surface area contributed by atoms with Crippen molar-refractivity contribution in [3.8, 4) is 0 Å². The van der Waals surface area contributed by atoms with E-state index >= 15 is 0 Å². The Balaban J connectivity index is 1.92. The van der Waals surface area contributed by atoms with Crippen LogP contribution in [-0.2, 0) is 14.8 Å². The number of carbonyl (C=O) groups excluding carboxylic acids is 1. The normalized spacial score (nSPS) is 18.2. The number of rotatable bonds is 6. The van der Waals surface area contributed by atoms with E-state index in [1.165, 1.54) is 16.4 Å². The molecular formula is C21H23ClN2O3S. The van der Waals surface area contributed by atoms with Gasteiger partial charge in [0.15, 0.2) is 0 Å². The molecule has 28 heavy (non-hydrogen) atoms. The first-order valence-electron chi connectivity index (χ1n) is 9.25. The highest BCUT2D eigenvalue weighted by Crippen LogP contribution is 2.24. The van der Waals surface area contributed by atoms with Gasteiger partial charge in [0, 0.05) is 18.1 Å². The number of nitrogens with one attached hydrogen (secondary N) is 1. The van der Waals surface area contributed by atoms with E-state index in [1.54, 1.807) is 18.2 Å². The van der Waals surface area contributed by atoms with Crippen molar-refractivity contribution in [1.82, 2.24) is 9.62 Å². The third-order valence-corrected chi connectivity index (χ3v) is 6.81. The lowest BCUT2D eigenvalue weighted by Crippen LogP contribution is -2.48. The maximum atomic E-state index is 13.3. The van der Waals surface area contributed by atoms with Gasteiger partial charge in [0.25, 0.3) is 0 Å². The molecule has 1 amide bonds. The highest BCUT2D eigenvalue weighted by Gasteiger charge is 2.35. The van der Waals surface area contributed by atoms with Crippen molar-refractivity contribution in [2.45, 2.75) is 30.2 Å². The van der Waals surface area contributed by atoms with Gasteiger partial charge in [-0.3, -0.25) is 4.79 Å². The van der Waals surface area contributed by atoms with Gasteiger partial charge in [0.1, 0.15) is 6.04 Å². The third kappa shape index (κ3) is 5.01. The standard InChI is InChI=1S/C21H23ClN2O3S/c22-18-11-13-19(14-12-18)28(26,27)24(20-10-4-5-15-23-21(20)25)16-6-9-17-7-2-1-3-8-17/h1-3,6-9,11-14,20H,4-5,10,15-16H2,(H,23,25). The summed E-state index contributed by atoms with van der Waals surface area (Å²) < 4.78 is 27.9. The Morgan fingerprint density at radius 1 is 1.07 bits per heavy atom. The molecule has 0 aliphatic carbocycles. The number of hydrogen-bond acceptors (Lipinski definition) is 3. The summed E-state index contributed by atoms with van der Waals surface area (Å²) in [5.74, 6) is -0.247. The van der Waals surface area contributed by atoms with Crippen LogP contribution in [0.1, 0.15) is 24.8 Å². The van der Waals surface area contributed by atoms with E-state index < -0.39 is 16.1 Å². The van der Waals surface area contributed by atoms with Crippen molar-refractivity contribution >= 4 is 33.6 Å². The molecule has 1 fully saturated rings. The van der Waals surface area contributed by atoms with Crippen molar-refractivity contribution in [1.29, 1.82) is 0 Å². The fraction of sp³-hybridized carbons (Fsp3) is 0.286. The van der Waals surface area contributed by atoms with Gasteiger partial charge in [-0.05, 0) is 49.1 Å². The van der Waals surface area contributed by atoms with Gasteiger partial charge in [-0.15, -0.1) is 0 Å². The lowest BCUT2D eigenvalue weighted by Gasteiger charge is -2.28. The highest BCUT2D eigenvalue weighted by atomic mass is 35.5. The Morgan fingerprint density at radius 2 is 1.79 bits per heavy atom. The second kappa shape index (κ2) is 9.37. The lowest BCUT2D eigenvalue weighted by molar-refractivity contribution is -0.124. The molecule has 1 aliphatic heterocycles. The molecule has 3 rings (SSSR count). The third-order valence-electron chi connectivity index (χ3n) is 4.67. The SMILES string of the molecule is O=C1NCCCCC1N(CC=Cc1ccccc1)S(=O)(=O)c1ccc(Cl)cc1. The number of sulfonamides is 1. The van der Waals surface area contributed by atoms with E-state index in [1.807, 2.05) is 36.4 Å². The predicted molar refractivity (Wildman–Crippen MR) is 111 cm³/mol. The maximum Gasteiger partial charge on any atom is 0.244 e. The van der Waals surface area contributed by atoms with Gasteiger partial charge < -0.3 is 5.32 Å². The Hall–Kier alpha value is -2.15. The second-order valence-electron chi connectivity index (χ2n) is 6.64. The van der Waals surface area contributed by atoms with Crippen LogP contribution in [0, 0.1) is 0 Å². The first-order valence-corrected chi connectivity index (χ1v) is 11.1. The van der Waals surface area contributed by atoms with Gasteiger partial charge in [0.05, 0.1) is 4.90 Å². The molecule has 7 heteroatoms. The lowest BCUT2D eigenvalue weighted by atomic mass is 10.1. The predicted octanol–water partition coefficient (Wildman–Crippen LogP) is 3.71. The molecule has 0 aromatic heterocycles. The van der Waals surface area contributed by atoms with E-state index in [9.17, 15) is 13.2 Å². The summed E-state index contributed by atoms with van der Waals surface area (Å²) in [6.07, 6.45) is 5.77. The van der Waals surface area contributed by atoms with Crippen LogP contribution in [0.15, 0.2) is 65.6 Å². The molecule has 2 aromatic rings. The smallest absolute Gasteiger partial charge is 0.244 e. The minimum Gasteiger partial charge on any atom is -0.355 e. The summed E-state index contributed by atoms with van der Waals surface area (Å²) in [4.78, 5) is 12.7. The monoisotopic (exact) mass is 418 g/mol. The average Bonchev–Trinajstić information content (AvgIpc) is 2.90. The number of nitrogens with zero attached hydrogens (tertiary/aromatic N) is 1. The van der Waals surface area contributed by atoms with Crippen molar-refractivity contribution in [2.75, 3.05) is 13.1 Å². The van der Waals surface area contributed by atoms with Gasteiger partial charge in [-0.1, -0.05) is 54.1 Å². The van der Waals surface area contributed by atoms with Crippen molar-refractivity contribution in [3.63, 3.8) is 0 Å². The average molecular weight is 419 g/mol. The van der Waals surface area contributed by atoms with Crippen molar-refractivity contribution < 1.29 is 13.2 Å². The molecule has 148 valence electrons. The van der Waals surface area contributed by atoms with Crippen molar-refractivity contribution in [2.24, 2.45) is 0 Å². The van der Waals surface area contributed by atoms with Crippen LogP contribution in [0.3, 0.4) is 0 Å². The Labute approximate surface area is 171 Å². The van der Waals surface area contributed by atoms with Crippen LogP contribution in [0.5, 0.6) is 0 Å². The van der Waals surface area contributed by atoms with Crippen LogP contribution in [0.25, 0.3) is 6.08 Å². The Bertz CT molecular complexity index is 928. The quantitative estimate of drug-likeness (QED) is 0.777. The minimum atomic E-state index is -3.86. The molecular weight excluding hydrogens is 396 g/mol. The first kappa shape index (κ1) is 20.6. The molecule has 1 N–H and O–H groups in total. The zero-order valence-corrected chi connectivity index (χ0v) is 17.0. The van der Waals surface area contributed by atoms with Crippen LogP contribution in [0.2, 0.25) is 5.02 Å². The zero-order valence-electron chi connectivity index (χ0n) is 15.4. The fourth-order valence-corrected chi connectivity index (χ4v) is 4.88. The largest absolute Gasteiger partial charge is 0.355 e. The second-order valence-corrected chi connectivity index (χ2v) is 8.97. The van der Waals surface area contributed by atoms with Crippen LogP contribution in [-0.4, -0.2) is 37.8 Å². The van der Waals surface area contributed by atoms with Crippen LogP contribution in [0.4, 0.5) is 0 Å². The molecule has 0 radical (unpaired) electrons. The molecule has 1 heterocycles. The topological polar surface area (TPSA) is 66.5 Å². The number of hydrogen-bond donors (Lipinski definition) is 1. The molecule has 5 nitrogen and oxygen atoms in total. The van der Waals surface area contributed by atoms with E-state index in [0.29, 0.717) is 18.0 Å². The molecule has 0 spiro atoms. The number of halogens is 1. The summed E-state index contributed by atoms with van der Waals surface area (Å²) in [6, 6.07) is 14.9. The van der Waals surface area contributed by atoms with E-state index in [4.69, 9.17) is 11.6 Å². The number of carbonyl (C=O) groups is 1. The van der Waals surface area contributed by atoms with E-state index in [-0.39, 0.29) is 17.3 Å². The molecule has 1 unspecified atom stereocenters. The molecule has 1 saturated heterocycles. The molecule has 0 saturated carbocycles. The Morgan fingerprint density at radius 3 is 2.50 bits per heavy atom. The molecule has 2 aromatic carbocycles. The molecule has 1 aliphatic rings. The van der Waals surface area contributed by atoms with Gasteiger partial charge in [0.2, 0.25) is 15.9 Å². The summed E-state index contributed by atoms with van der Waals surface area (Å²) in [7, 11) is -3.86. The minimum absolute atomic E-state index is 0.109. The van der Waals surface area contributed by atoms with E-state index in [2.05, 4.69) is 5.32 Å². The van der Waals surface area contributed by atoms with E-state index in [0.717, 1.165) is 18.4 Å². The van der Waals surface area contributed by atoms with Gasteiger partial charge in [-0.2, -0.15) is 4.31 Å². The number of benzene rings is 2. The van der Waals surface area contributed by atoms with Gasteiger partial charge >= 0.3 is 0 Å². The fourth-order valence-electron chi connectivity index (χ4n) is 3.19. The molecule has 0 bridgehead atoms. The summed E-state index contributed by atoms with van der Waals surface area (Å²) in [5.41, 5.74) is 0.969. The zero-order chi connectivity index (χ0) is 20.0. The summed E-state index contributed by atoms with van der Waals surface area (Å²) in [6.45, 7) is 0.683. The summed E-state index contributed by atoms with van der Waals surface area (Å²) in [5, 5.41) is 3.29. The van der Waals surface area contributed by atoms with Crippen molar-refractivity contribution in [3.05, 3.63) is 71.3 Å². The first-order chi connectivity index (χ1) is 13.5. The Kier molecular flexibility index (Phi) is 6.88. The molecule has 1 atom stereocenters. The van der Waals surface area contributed by atoms with Crippen LogP contribution < -0.4 is 5.32 Å². The maximum absolute atomic E-state index is 13.3. The number of amides is 1.